The van der Waals surface area contributed by atoms with Crippen LogP contribution in [0.4, 0.5) is 0 Å². The van der Waals surface area contributed by atoms with Gasteiger partial charge in [-0.2, -0.15) is 11.8 Å². The maximum atomic E-state index is 11.1. The smallest absolute Gasteiger partial charge is 0.221 e. The molecule has 0 saturated carbocycles. The molecule has 0 bridgehead atoms. The average molecular weight is 290 g/mol. The molecule has 1 saturated heterocycles. The van der Waals surface area contributed by atoms with Crippen LogP contribution in [0.5, 0.6) is 0 Å². The minimum absolute atomic E-state index is 0. The highest BCUT2D eigenvalue weighted by Crippen LogP contribution is 2.07. The predicted molar refractivity (Wildman–Crippen MR) is 74.9 cm³/mol. The van der Waals surface area contributed by atoms with Gasteiger partial charge in [0.05, 0.1) is 0 Å². The number of halogens is 2. The van der Waals surface area contributed by atoms with Crippen molar-refractivity contribution in [1.82, 2.24) is 10.2 Å². The van der Waals surface area contributed by atoms with Gasteiger partial charge in [0.15, 0.2) is 0 Å². The maximum absolute atomic E-state index is 11.1. The average Bonchev–Trinajstić information content (AvgIpc) is 2.20. The molecule has 0 aromatic rings. The van der Waals surface area contributed by atoms with E-state index in [1.807, 2.05) is 11.8 Å². The number of rotatable bonds is 5. The lowest BCUT2D eigenvalue weighted by Gasteiger charge is -2.25. The summed E-state index contributed by atoms with van der Waals surface area (Å²) < 4.78 is 0. The monoisotopic (exact) mass is 289 g/mol. The number of nitrogens with two attached hydrogens (primary N) is 1. The molecule has 1 rings (SSSR count). The number of thioether (sulfide) groups is 1. The topological polar surface area (TPSA) is 58.4 Å². The summed E-state index contributed by atoms with van der Waals surface area (Å²) in [6, 6.07) is 0. The molecule has 1 amide bonds. The summed E-state index contributed by atoms with van der Waals surface area (Å²) in [7, 11) is 0. The Morgan fingerprint density at radius 2 is 1.94 bits per heavy atom. The van der Waals surface area contributed by atoms with Crippen LogP contribution in [-0.2, 0) is 4.79 Å². The second-order valence-corrected chi connectivity index (χ2v) is 4.57. The first-order chi connectivity index (χ1) is 6.83. The zero-order valence-corrected chi connectivity index (χ0v) is 11.8. The third-order valence-corrected chi connectivity index (χ3v) is 3.17. The molecule has 4 nitrogen and oxygen atoms in total. The van der Waals surface area contributed by atoms with Crippen molar-refractivity contribution >= 4 is 42.5 Å². The molecule has 0 aromatic carbocycles. The van der Waals surface area contributed by atoms with E-state index in [0.717, 1.165) is 26.2 Å². The molecular weight excluding hydrogens is 269 g/mol. The third-order valence-electron chi connectivity index (χ3n) is 2.23. The SMILES string of the molecule is Cl.Cl.NCCC(=O)NCCN1CCSCC1. The van der Waals surface area contributed by atoms with E-state index in [0.29, 0.717) is 13.0 Å². The van der Waals surface area contributed by atoms with Gasteiger partial charge in [-0.25, -0.2) is 0 Å². The number of carbonyl (C=O) groups is 1. The normalized spacial score (nSPS) is 15.8. The third kappa shape index (κ3) is 8.47. The van der Waals surface area contributed by atoms with E-state index in [-0.39, 0.29) is 30.7 Å². The Balaban J connectivity index is 0. The summed E-state index contributed by atoms with van der Waals surface area (Å²) in [5.41, 5.74) is 5.27. The molecule has 98 valence electrons. The molecule has 1 heterocycles. The molecule has 0 radical (unpaired) electrons. The maximum Gasteiger partial charge on any atom is 0.221 e. The van der Waals surface area contributed by atoms with E-state index in [9.17, 15) is 4.79 Å². The molecule has 0 spiro atoms. The summed E-state index contributed by atoms with van der Waals surface area (Å²) in [6.07, 6.45) is 0.440. The standard InChI is InChI=1S/C9H19N3OS.2ClH/c10-2-1-9(13)11-3-4-12-5-7-14-8-6-12;;/h1-8,10H2,(H,11,13);2*1H. The van der Waals surface area contributed by atoms with E-state index in [1.54, 1.807) is 0 Å². The first kappa shape index (κ1) is 18.7. The largest absolute Gasteiger partial charge is 0.355 e. The van der Waals surface area contributed by atoms with Crippen molar-refractivity contribution in [2.24, 2.45) is 5.73 Å². The van der Waals surface area contributed by atoms with Gasteiger partial charge in [-0.15, -0.1) is 24.8 Å². The van der Waals surface area contributed by atoms with Crippen LogP contribution in [0.15, 0.2) is 0 Å². The van der Waals surface area contributed by atoms with Crippen LogP contribution in [0.3, 0.4) is 0 Å². The first-order valence-corrected chi connectivity index (χ1v) is 6.25. The van der Waals surface area contributed by atoms with Gasteiger partial charge in [-0.1, -0.05) is 0 Å². The van der Waals surface area contributed by atoms with Crippen molar-refractivity contribution < 1.29 is 4.79 Å². The van der Waals surface area contributed by atoms with Gasteiger partial charge in [-0.05, 0) is 0 Å². The van der Waals surface area contributed by atoms with Crippen LogP contribution in [0.2, 0.25) is 0 Å². The fourth-order valence-corrected chi connectivity index (χ4v) is 2.38. The minimum atomic E-state index is 0. The summed E-state index contributed by atoms with van der Waals surface area (Å²) in [5, 5.41) is 2.86. The fourth-order valence-electron chi connectivity index (χ4n) is 1.40. The number of nitrogens with zero attached hydrogens (tertiary/aromatic N) is 1. The highest BCUT2D eigenvalue weighted by atomic mass is 35.5. The summed E-state index contributed by atoms with van der Waals surface area (Å²) in [5.74, 6) is 2.51. The molecule has 1 aliphatic rings. The molecule has 0 aromatic heterocycles. The van der Waals surface area contributed by atoms with Gasteiger partial charge >= 0.3 is 0 Å². The Bertz CT molecular complexity index is 180. The number of carbonyl (C=O) groups excluding carboxylic acids is 1. The number of hydrogen-bond acceptors (Lipinski definition) is 4. The lowest BCUT2D eigenvalue weighted by molar-refractivity contribution is -0.120. The van der Waals surface area contributed by atoms with Crippen molar-refractivity contribution in [2.45, 2.75) is 6.42 Å². The van der Waals surface area contributed by atoms with Crippen LogP contribution in [0.25, 0.3) is 0 Å². The molecule has 16 heavy (non-hydrogen) atoms. The molecule has 0 aliphatic carbocycles. The van der Waals surface area contributed by atoms with E-state index in [4.69, 9.17) is 5.73 Å². The number of hydrogen-bond donors (Lipinski definition) is 2. The Labute approximate surface area is 114 Å². The lowest BCUT2D eigenvalue weighted by atomic mass is 10.4. The minimum Gasteiger partial charge on any atom is -0.355 e. The van der Waals surface area contributed by atoms with E-state index >= 15 is 0 Å². The van der Waals surface area contributed by atoms with Crippen molar-refractivity contribution in [3.8, 4) is 0 Å². The molecule has 3 N–H and O–H groups in total. The van der Waals surface area contributed by atoms with E-state index in [1.165, 1.54) is 11.5 Å². The molecule has 1 aliphatic heterocycles. The number of amides is 1. The van der Waals surface area contributed by atoms with Gasteiger partial charge in [0.2, 0.25) is 5.91 Å². The Morgan fingerprint density at radius 1 is 1.31 bits per heavy atom. The summed E-state index contributed by atoms with van der Waals surface area (Å²) >= 11 is 2.00. The van der Waals surface area contributed by atoms with Gasteiger partial charge in [0.25, 0.3) is 0 Å². The zero-order chi connectivity index (χ0) is 10.2. The zero-order valence-electron chi connectivity index (χ0n) is 9.31. The van der Waals surface area contributed by atoms with Gasteiger partial charge in [-0.3, -0.25) is 9.69 Å². The van der Waals surface area contributed by atoms with Crippen LogP contribution in [-0.4, -0.2) is 55.0 Å². The van der Waals surface area contributed by atoms with E-state index in [2.05, 4.69) is 10.2 Å². The predicted octanol–water partition coefficient (Wildman–Crippen LogP) is 0.344. The lowest BCUT2D eigenvalue weighted by Crippen LogP contribution is -2.39. The van der Waals surface area contributed by atoms with Crippen LogP contribution in [0, 0.1) is 0 Å². The Hall–Kier alpha value is 0.320. The van der Waals surface area contributed by atoms with Crippen molar-refractivity contribution in [3.05, 3.63) is 0 Å². The number of nitrogens with one attached hydrogen (secondary N) is 1. The van der Waals surface area contributed by atoms with Crippen molar-refractivity contribution in [2.75, 3.05) is 44.2 Å². The highest BCUT2D eigenvalue weighted by molar-refractivity contribution is 7.99. The van der Waals surface area contributed by atoms with E-state index < -0.39 is 0 Å². The molecular formula is C9H21Cl2N3OS. The molecule has 7 heteroatoms. The highest BCUT2D eigenvalue weighted by Gasteiger charge is 2.09. The summed E-state index contributed by atoms with van der Waals surface area (Å²) in [4.78, 5) is 13.5. The molecule has 1 fully saturated rings. The Morgan fingerprint density at radius 3 is 2.50 bits per heavy atom. The van der Waals surface area contributed by atoms with Crippen molar-refractivity contribution in [1.29, 1.82) is 0 Å². The van der Waals surface area contributed by atoms with Crippen LogP contribution < -0.4 is 11.1 Å². The fraction of sp³-hybridized carbons (Fsp3) is 0.889. The quantitative estimate of drug-likeness (QED) is 0.767. The van der Waals surface area contributed by atoms with Gasteiger partial charge < -0.3 is 11.1 Å². The van der Waals surface area contributed by atoms with Crippen LogP contribution in [0.1, 0.15) is 6.42 Å². The van der Waals surface area contributed by atoms with Crippen molar-refractivity contribution in [3.63, 3.8) is 0 Å². The Kier molecular flexibility index (Phi) is 13.8. The molecule has 0 unspecified atom stereocenters. The first-order valence-electron chi connectivity index (χ1n) is 5.10. The van der Waals surface area contributed by atoms with Gasteiger partial charge in [0, 0.05) is 50.7 Å². The second-order valence-electron chi connectivity index (χ2n) is 3.34. The second kappa shape index (κ2) is 11.8. The summed E-state index contributed by atoms with van der Waals surface area (Å²) in [6.45, 7) is 4.46. The van der Waals surface area contributed by atoms with Gasteiger partial charge in [0.1, 0.15) is 0 Å². The molecule has 0 atom stereocenters. The van der Waals surface area contributed by atoms with Crippen LogP contribution >= 0.6 is 36.6 Å².